The maximum atomic E-state index is 13.3. The number of nitrogens with zero attached hydrogens (tertiary/aromatic N) is 3. The molecule has 1 N–H and O–H groups in total. The average Bonchev–Trinajstić information content (AvgIpc) is 3.09. The van der Waals surface area contributed by atoms with Gasteiger partial charge >= 0.3 is 0 Å². The van der Waals surface area contributed by atoms with Crippen molar-refractivity contribution in [2.75, 3.05) is 20.2 Å². The number of benzene rings is 2. The van der Waals surface area contributed by atoms with Gasteiger partial charge in [-0.2, -0.15) is 5.10 Å². The van der Waals surface area contributed by atoms with E-state index in [0.29, 0.717) is 6.42 Å². The van der Waals surface area contributed by atoms with Gasteiger partial charge in [0.2, 0.25) is 5.91 Å². The van der Waals surface area contributed by atoms with Crippen LogP contribution < -0.4 is 10.1 Å². The van der Waals surface area contributed by atoms with Crippen LogP contribution in [0.2, 0.25) is 0 Å². The van der Waals surface area contributed by atoms with Crippen molar-refractivity contribution in [1.29, 1.82) is 0 Å². The molecule has 2 aromatic carbocycles. The first-order chi connectivity index (χ1) is 15.9. The van der Waals surface area contributed by atoms with Gasteiger partial charge in [-0.05, 0) is 57.0 Å². The van der Waals surface area contributed by atoms with Crippen LogP contribution in [0.3, 0.4) is 0 Å². The van der Waals surface area contributed by atoms with Gasteiger partial charge in [-0.3, -0.25) is 9.69 Å². The van der Waals surface area contributed by atoms with E-state index in [1.165, 1.54) is 17.7 Å². The van der Waals surface area contributed by atoms with Crippen LogP contribution in [0.1, 0.15) is 35.4 Å². The summed E-state index contributed by atoms with van der Waals surface area (Å²) in [7, 11) is 1.70. The molecule has 1 aliphatic rings. The van der Waals surface area contributed by atoms with Gasteiger partial charge in [-0.1, -0.05) is 18.2 Å². The highest BCUT2D eigenvalue weighted by atomic mass is 19.1. The Morgan fingerprint density at radius 1 is 1.12 bits per heavy atom. The number of hydrogen-bond donors (Lipinski definition) is 1. The van der Waals surface area contributed by atoms with E-state index >= 15 is 0 Å². The molecule has 1 fully saturated rings. The lowest BCUT2D eigenvalue weighted by atomic mass is 10.0. The Balaban J connectivity index is 1.31. The molecule has 0 aliphatic carbocycles. The number of para-hydroxylation sites is 1. The van der Waals surface area contributed by atoms with Gasteiger partial charge in [0.25, 0.3) is 0 Å². The molecule has 3 aromatic rings. The minimum Gasteiger partial charge on any atom is -0.496 e. The van der Waals surface area contributed by atoms with Crippen LogP contribution in [-0.4, -0.2) is 46.8 Å². The van der Waals surface area contributed by atoms with Crippen molar-refractivity contribution in [2.24, 2.45) is 0 Å². The van der Waals surface area contributed by atoms with E-state index in [9.17, 15) is 9.18 Å². The van der Waals surface area contributed by atoms with E-state index in [0.717, 1.165) is 60.9 Å². The molecule has 0 bridgehead atoms. The molecule has 0 radical (unpaired) electrons. The van der Waals surface area contributed by atoms with E-state index in [4.69, 9.17) is 4.74 Å². The number of carbonyl (C=O) groups is 1. The molecule has 6 nitrogen and oxygen atoms in total. The summed E-state index contributed by atoms with van der Waals surface area (Å²) in [6.07, 6.45) is 2.14. The molecule has 0 atom stereocenters. The fraction of sp³-hybridized carbons (Fsp3) is 0.385. The van der Waals surface area contributed by atoms with Crippen molar-refractivity contribution in [3.63, 3.8) is 0 Å². The van der Waals surface area contributed by atoms with Crippen molar-refractivity contribution < 1.29 is 13.9 Å². The normalized spacial score (nSPS) is 14.9. The number of aryl methyl sites for hydroxylation is 1. The second kappa shape index (κ2) is 10.2. The van der Waals surface area contributed by atoms with Gasteiger partial charge in [-0.25, -0.2) is 9.07 Å². The summed E-state index contributed by atoms with van der Waals surface area (Å²) < 4.78 is 20.5. The third kappa shape index (κ3) is 5.42. The van der Waals surface area contributed by atoms with Gasteiger partial charge in [0.15, 0.2) is 0 Å². The van der Waals surface area contributed by atoms with E-state index in [1.54, 1.807) is 23.9 Å². The molecule has 0 spiro atoms. The first-order valence-corrected chi connectivity index (χ1v) is 11.4. The number of piperidine rings is 1. The predicted molar refractivity (Wildman–Crippen MR) is 126 cm³/mol. The van der Waals surface area contributed by atoms with Crippen molar-refractivity contribution in [1.82, 2.24) is 20.0 Å². The Hall–Kier alpha value is -3.19. The lowest BCUT2D eigenvalue weighted by molar-refractivity contribution is -0.121. The average molecular weight is 451 g/mol. The van der Waals surface area contributed by atoms with Gasteiger partial charge in [0, 0.05) is 42.5 Å². The molecular weight excluding hydrogens is 419 g/mol. The molecule has 7 heteroatoms. The number of nitrogens with one attached hydrogen (secondary N) is 1. The maximum absolute atomic E-state index is 13.3. The lowest BCUT2D eigenvalue weighted by Crippen LogP contribution is -2.44. The number of rotatable bonds is 7. The highest BCUT2D eigenvalue weighted by molar-refractivity contribution is 5.79. The summed E-state index contributed by atoms with van der Waals surface area (Å²) in [4.78, 5) is 15.2. The third-order valence-corrected chi connectivity index (χ3v) is 6.39. The monoisotopic (exact) mass is 450 g/mol. The van der Waals surface area contributed by atoms with E-state index in [1.807, 2.05) is 32.0 Å². The minimum absolute atomic E-state index is 0.0167. The highest BCUT2D eigenvalue weighted by Gasteiger charge is 2.23. The zero-order valence-electron chi connectivity index (χ0n) is 19.5. The number of amides is 1. The largest absolute Gasteiger partial charge is 0.496 e. The van der Waals surface area contributed by atoms with Gasteiger partial charge in [-0.15, -0.1) is 0 Å². The molecular formula is C26H31FN4O2. The second-order valence-electron chi connectivity index (χ2n) is 8.64. The molecule has 0 unspecified atom stereocenters. The smallest absolute Gasteiger partial charge is 0.224 e. The number of ether oxygens (including phenoxy) is 1. The van der Waals surface area contributed by atoms with Crippen molar-refractivity contribution in [3.8, 4) is 11.4 Å². The van der Waals surface area contributed by atoms with Crippen LogP contribution in [0.5, 0.6) is 5.75 Å². The van der Waals surface area contributed by atoms with Gasteiger partial charge in [0.1, 0.15) is 11.6 Å². The molecule has 33 heavy (non-hydrogen) atoms. The molecule has 0 saturated carbocycles. The summed E-state index contributed by atoms with van der Waals surface area (Å²) in [6.45, 7) is 6.58. The topological polar surface area (TPSA) is 59.4 Å². The minimum atomic E-state index is -0.283. The second-order valence-corrected chi connectivity index (χ2v) is 8.64. The van der Waals surface area contributed by atoms with Crippen LogP contribution in [0.25, 0.3) is 5.69 Å². The fourth-order valence-electron chi connectivity index (χ4n) is 4.51. The number of aromatic nitrogens is 2. The maximum Gasteiger partial charge on any atom is 0.224 e. The number of likely N-dealkylation sites (tertiary alicyclic amines) is 1. The number of methoxy groups -OCH3 is 1. The first-order valence-electron chi connectivity index (χ1n) is 11.4. The van der Waals surface area contributed by atoms with Crippen molar-refractivity contribution in [3.05, 3.63) is 76.9 Å². The summed E-state index contributed by atoms with van der Waals surface area (Å²) in [5.41, 5.74) is 4.61. The zero-order valence-corrected chi connectivity index (χ0v) is 19.5. The molecule has 174 valence electrons. The number of carbonyl (C=O) groups excluding carboxylic acids is 1. The van der Waals surface area contributed by atoms with Gasteiger partial charge in [0.05, 0.1) is 24.9 Å². The van der Waals surface area contributed by atoms with Crippen LogP contribution in [0.4, 0.5) is 4.39 Å². The number of halogens is 1. The summed E-state index contributed by atoms with van der Waals surface area (Å²) in [5, 5.41) is 7.78. The molecule has 4 rings (SSSR count). The molecule has 1 aromatic heterocycles. The van der Waals surface area contributed by atoms with Crippen molar-refractivity contribution >= 4 is 5.91 Å². The number of hydrogen-bond acceptors (Lipinski definition) is 4. The standard InChI is InChI=1S/C26H31FN4O2/c1-18-24(19(2)31(29-18)23-10-8-21(27)9-11-23)16-26(32)28-22-12-14-30(15-13-22)17-20-6-4-5-7-25(20)33-3/h4-11,22H,12-17H2,1-3H3,(H,28,32). The van der Waals surface area contributed by atoms with E-state index in [2.05, 4.69) is 21.4 Å². The quantitative estimate of drug-likeness (QED) is 0.592. The Kier molecular flexibility index (Phi) is 7.08. The molecule has 1 aliphatic heterocycles. The highest BCUT2D eigenvalue weighted by Crippen LogP contribution is 2.22. The Morgan fingerprint density at radius 2 is 1.82 bits per heavy atom. The molecule has 1 saturated heterocycles. The Bertz CT molecular complexity index is 1100. The van der Waals surface area contributed by atoms with Crippen LogP contribution >= 0.6 is 0 Å². The van der Waals surface area contributed by atoms with Crippen molar-refractivity contribution in [2.45, 2.75) is 45.7 Å². The lowest BCUT2D eigenvalue weighted by Gasteiger charge is -2.32. The molecule has 2 heterocycles. The van der Waals surface area contributed by atoms with Crippen LogP contribution in [0, 0.1) is 19.7 Å². The van der Waals surface area contributed by atoms with E-state index < -0.39 is 0 Å². The zero-order chi connectivity index (χ0) is 23.4. The summed E-state index contributed by atoms with van der Waals surface area (Å²) >= 11 is 0. The Morgan fingerprint density at radius 3 is 2.52 bits per heavy atom. The van der Waals surface area contributed by atoms with Gasteiger partial charge < -0.3 is 10.1 Å². The summed E-state index contributed by atoms with van der Waals surface area (Å²) in [6, 6.07) is 14.5. The summed E-state index contributed by atoms with van der Waals surface area (Å²) in [5.74, 6) is 0.650. The SMILES string of the molecule is COc1ccccc1CN1CCC(NC(=O)Cc2c(C)nn(-c3ccc(F)cc3)c2C)CC1. The predicted octanol–water partition coefficient (Wildman–Crippen LogP) is 3.96. The molecule has 1 amide bonds. The third-order valence-electron chi connectivity index (χ3n) is 6.39. The first kappa shape index (κ1) is 23.0. The Labute approximate surface area is 194 Å². The van der Waals surface area contributed by atoms with Crippen LogP contribution in [0.15, 0.2) is 48.5 Å². The van der Waals surface area contributed by atoms with Crippen LogP contribution in [-0.2, 0) is 17.8 Å². The van der Waals surface area contributed by atoms with E-state index in [-0.39, 0.29) is 17.8 Å². The fourth-order valence-corrected chi connectivity index (χ4v) is 4.51.